The molecule has 28 heavy (non-hydrogen) atoms. The lowest BCUT2D eigenvalue weighted by Crippen LogP contribution is -2.43. The fourth-order valence-corrected chi connectivity index (χ4v) is 4.76. The minimum absolute atomic E-state index is 0.00219. The van der Waals surface area contributed by atoms with Crippen molar-refractivity contribution in [2.75, 3.05) is 25.1 Å². The normalized spacial score (nSPS) is 16.1. The quantitative estimate of drug-likeness (QED) is 0.751. The Morgan fingerprint density at radius 2 is 1.93 bits per heavy atom. The van der Waals surface area contributed by atoms with Crippen LogP contribution < -0.4 is 5.69 Å². The van der Waals surface area contributed by atoms with Crippen LogP contribution in [0.5, 0.6) is 0 Å². The summed E-state index contributed by atoms with van der Waals surface area (Å²) in [5.41, 5.74) is 1.67. The minimum Gasteiger partial charge on any atom is -0.465 e. The molecule has 0 spiro atoms. The van der Waals surface area contributed by atoms with E-state index in [1.807, 2.05) is 33.6 Å². The predicted molar refractivity (Wildman–Crippen MR) is 116 cm³/mol. The van der Waals surface area contributed by atoms with Crippen molar-refractivity contribution in [1.82, 2.24) is 14.0 Å². The van der Waals surface area contributed by atoms with Gasteiger partial charge in [0.2, 0.25) is 0 Å². The Hall–Kier alpha value is -1.60. The number of nitrogens with zero attached hydrogens (tertiary/aromatic N) is 3. The molecule has 2 aromatic rings. The van der Waals surface area contributed by atoms with Crippen molar-refractivity contribution in [3.8, 4) is 0 Å². The second kappa shape index (κ2) is 8.41. The van der Waals surface area contributed by atoms with Crippen LogP contribution in [0.15, 0.2) is 23.0 Å². The van der Waals surface area contributed by atoms with Gasteiger partial charge in [-0.25, -0.2) is 9.59 Å². The largest absolute Gasteiger partial charge is 0.465 e. The van der Waals surface area contributed by atoms with Gasteiger partial charge in [-0.1, -0.05) is 25.4 Å². The fourth-order valence-electron chi connectivity index (χ4n) is 4.23. The lowest BCUT2D eigenvalue weighted by Gasteiger charge is -2.40. The zero-order valence-electron chi connectivity index (χ0n) is 16.7. The van der Waals surface area contributed by atoms with Gasteiger partial charge in [-0.2, -0.15) is 11.8 Å². The molecule has 8 heteroatoms. The number of halogens is 1. The van der Waals surface area contributed by atoms with E-state index in [2.05, 4.69) is 13.8 Å². The number of benzene rings is 1. The van der Waals surface area contributed by atoms with Crippen LogP contribution in [0.25, 0.3) is 11.0 Å². The summed E-state index contributed by atoms with van der Waals surface area (Å²) in [6.45, 7) is 6.74. The van der Waals surface area contributed by atoms with Crippen LogP contribution in [0.3, 0.4) is 0 Å². The SMILES string of the molecule is CSCCn1c(=O)n(CC(C)(C)C2CCN(C(=O)O)CC2)c2ccc(Cl)cc21. The van der Waals surface area contributed by atoms with E-state index in [1.165, 1.54) is 4.90 Å². The molecule has 1 amide bonds. The van der Waals surface area contributed by atoms with Crippen molar-refractivity contribution in [2.24, 2.45) is 11.3 Å². The summed E-state index contributed by atoms with van der Waals surface area (Å²) in [7, 11) is 0. The van der Waals surface area contributed by atoms with Gasteiger partial charge in [0, 0.05) is 37.0 Å². The third-order valence-electron chi connectivity index (χ3n) is 5.94. The summed E-state index contributed by atoms with van der Waals surface area (Å²) in [6.07, 6.45) is 2.83. The van der Waals surface area contributed by atoms with E-state index in [9.17, 15) is 14.7 Å². The minimum atomic E-state index is -0.846. The van der Waals surface area contributed by atoms with Crippen molar-refractivity contribution in [3.63, 3.8) is 0 Å². The Labute approximate surface area is 174 Å². The maximum Gasteiger partial charge on any atom is 0.407 e. The third kappa shape index (κ3) is 4.20. The van der Waals surface area contributed by atoms with E-state index >= 15 is 0 Å². The van der Waals surface area contributed by atoms with Crippen LogP contribution in [0, 0.1) is 11.3 Å². The van der Waals surface area contributed by atoms with Gasteiger partial charge in [0.25, 0.3) is 0 Å². The van der Waals surface area contributed by atoms with Gasteiger partial charge in [0.1, 0.15) is 0 Å². The first kappa shape index (κ1) is 21.1. The molecule has 3 rings (SSSR count). The first-order chi connectivity index (χ1) is 13.2. The summed E-state index contributed by atoms with van der Waals surface area (Å²) in [5.74, 6) is 1.23. The van der Waals surface area contributed by atoms with Crippen LogP contribution in [-0.2, 0) is 13.1 Å². The van der Waals surface area contributed by atoms with E-state index in [4.69, 9.17) is 11.6 Å². The molecule has 154 valence electrons. The number of imidazole rings is 1. The van der Waals surface area contributed by atoms with Gasteiger partial charge in [-0.05, 0) is 48.6 Å². The molecule has 1 N–H and O–H groups in total. The number of hydrogen-bond acceptors (Lipinski definition) is 3. The Morgan fingerprint density at radius 3 is 2.54 bits per heavy atom. The second-order valence-corrected chi connectivity index (χ2v) is 9.60. The third-order valence-corrected chi connectivity index (χ3v) is 6.76. The van der Waals surface area contributed by atoms with E-state index in [1.54, 1.807) is 11.8 Å². The van der Waals surface area contributed by atoms with Gasteiger partial charge in [-0.3, -0.25) is 9.13 Å². The number of rotatable bonds is 6. The molecule has 0 saturated carbocycles. The Kier molecular flexibility index (Phi) is 6.34. The topological polar surface area (TPSA) is 67.5 Å². The molecule has 0 unspecified atom stereocenters. The van der Waals surface area contributed by atoms with Crippen LogP contribution >= 0.6 is 23.4 Å². The Balaban J connectivity index is 1.90. The molecule has 1 aromatic heterocycles. The number of carbonyl (C=O) groups is 1. The molecule has 1 aliphatic rings. The molecule has 1 fully saturated rings. The van der Waals surface area contributed by atoms with Crippen LogP contribution in [0.2, 0.25) is 5.02 Å². The molecule has 0 atom stereocenters. The van der Waals surface area contributed by atoms with E-state index < -0.39 is 6.09 Å². The van der Waals surface area contributed by atoms with Crippen molar-refractivity contribution in [3.05, 3.63) is 33.7 Å². The second-order valence-electron chi connectivity index (χ2n) is 8.18. The molecule has 1 aliphatic heterocycles. The highest BCUT2D eigenvalue weighted by Gasteiger charge is 2.35. The van der Waals surface area contributed by atoms with Gasteiger partial charge in [-0.15, -0.1) is 0 Å². The van der Waals surface area contributed by atoms with Crippen molar-refractivity contribution >= 4 is 40.5 Å². The summed E-state index contributed by atoms with van der Waals surface area (Å²) < 4.78 is 3.69. The van der Waals surface area contributed by atoms with E-state index in [-0.39, 0.29) is 11.1 Å². The summed E-state index contributed by atoms with van der Waals surface area (Å²) in [5, 5.41) is 9.81. The summed E-state index contributed by atoms with van der Waals surface area (Å²) >= 11 is 7.91. The highest BCUT2D eigenvalue weighted by molar-refractivity contribution is 7.98. The lowest BCUT2D eigenvalue weighted by atomic mass is 9.73. The standard InChI is InChI=1S/C20H28ClN3O3S/c1-20(2,14-6-8-22(9-7-14)19(26)27)13-24-16-5-4-15(21)12-17(16)23(18(24)25)10-11-28-3/h4-5,12,14H,6-11,13H2,1-3H3,(H,26,27). The lowest BCUT2D eigenvalue weighted by molar-refractivity contribution is 0.0796. The molecule has 0 bridgehead atoms. The van der Waals surface area contributed by atoms with Crippen molar-refractivity contribution in [1.29, 1.82) is 0 Å². The van der Waals surface area contributed by atoms with Crippen LogP contribution in [0.1, 0.15) is 26.7 Å². The monoisotopic (exact) mass is 425 g/mol. The molecule has 0 radical (unpaired) electrons. The number of fused-ring (bicyclic) bond motifs is 1. The first-order valence-electron chi connectivity index (χ1n) is 9.60. The molecule has 1 aromatic carbocycles. The Bertz CT molecular complexity index is 913. The highest BCUT2D eigenvalue weighted by Crippen LogP contribution is 2.37. The number of thioether (sulfide) groups is 1. The molecular weight excluding hydrogens is 398 g/mol. The van der Waals surface area contributed by atoms with Crippen LogP contribution in [0.4, 0.5) is 4.79 Å². The summed E-state index contributed by atoms with van der Waals surface area (Å²) in [4.78, 5) is 25.9. The average molecular weight is 426 g/mol. The maximum absolute atomic E-state index is 13.2. The van der Waals surface area contributed by atoms with Crippen LogP contribution in [-0.4, -0.2) is 50.3 Å². The van der Waals surface area contributed by atoms with Gasteiger partial charge < -0.3 is 10.0 Å². The Morgan fingerprint density at radius 1 is 1.25 bits per heavy atom. The summed E-state index contributed by atoms with van der Waals surface area (Å²) in [6, 6.07) is 5.63. The number of hydrogen-bond donors (Lipinski definition) is 1. The zero-order chi connectivity index (χ0) is 20.5. The van der Waals surface area contributed by atoms with Gasteiger partial charge in [0.05, 0.1) is 11.0 Å². The average Bonchev–Trinajstić information content (AvgIpc) is 2.90. The smallest absolute Gasteiger partial charge is 0.407 e. The molecule has 0 aliphatic carbocycles. The van der Waals surface area contributed by atoms with Gasteiger partial charge >= 0.3 is 11.8 Å². The van der Waals surface area contributed by atoms with E-state index in [0.29, 0.717) is 37.1 Å². The number of aromatic nitrogens is 2. The fraction of sp³-hybridized carbons (Fsp3) is 0.600. The van der Waals surface area contributed by atoms with Gasteiger partial charge in [0.15, 0.2) is 0 Å². The number of likely N-dealkylation sites (tertiary alicyclic amines) is 1. The predicted octanol–water partition coefficient (Wildman–Crippen LogP) is 4.24. The maximum atomic E-state index is 13.2. The highest BCUT2D eigenvalue weighted by atomic mass is 35.5. The molecule has 2 heterocycles. The molecular formula is C20H28ClN3O3S. The number of amides is 1. The first-order valence-corrected chi connectivity index (χ1v) is 11.4. The van der Waals surface area contributed by atoms with Crippen molar-refractivity contribution in [2.45, 2.75) is 39.8 Å². The number of carboxylic acid groups (broad SMARTS) is 1. The van der Waals surface area contributed by atoms with Crippen molar-refractivity contribution < 1.29 is 9.90 Å². The number of piperidine rings is 1. The molecule has 1 saturated heterocycles. The van der Waals surface area contributed by atoms with E-state index in [0.717, 1.165) is 29.6 Å². The number of aryl methyl sites for hydroxylation is 1. The zero-order valence-corrected chi connectivity index (χ0v) is 18.2. The molecule has 6 nitrogen and oxygen atoms in total.